The first-order chi connectivity index (χ1) is 13.6. The van der Waals surface area contributed by atoms with E-state index in [0.29, 0.717) is 15.8 Å². The number of halogens is 2. The quantitative estimate of drug-likeness (QED) is 0.325. The van der Waals surface area contributed by atoms with Crippen molar-refractivity contribution in [3.8, 4) is 21.1 Å². The Morgan fingerprint density at radius 2 is 1.96 bits per heavy atom. The van der Waals surface area contributed by atoms with Crippen LogP contribution in [-0.2, 0) is 5.75 Å². The molecule has 8 heteroatoms. The Hall–Kier alpha value is -1.99. The Morgan fingerprint density at radius 1 is 1.07 bits per heavy atom. The maximum Gasteiger partial charge on any atom is 0.125 e. The number of aromatic nitrogens is 4. The predicted octanol–water partition coefficient (Wildman–Crippen LogP) is 6.57. The molecule has 0 aliphatic heterocycles. The van der Waals surface area contributed by atoms with Crippen LogP contribution in [0.25, 0.3) is 21.1 Å². The normalized spacial score (nSPS) is 11.0. The highest BCUT2D eigenvalue weighted by Crippen LogP contribution is 2.34. The molecule has 3 aromatic heterocycles. The number of nitrogens with zero attached hydrogens (tertiary/aromatic N) is 4. The summed E-state index contributed by atoms with van der Waals surface area (Å²) in [7, 11) is 0. The van der Waals surface area contributed by atoms with Crippen molar-refractivity contribution in [3.05, 3.63) is 76.2 Å². The molecule has 0 unspecified atom stereocenters. The Labute approximate surface area is 181 Å². The molecule has 4 rings (SSSR count). The summed E-state index contributed by atoms with van der Waals surface area (Å²) in [5.41, 5.74) is 3.77. The molecule has 0 radical (unpaired) electrons. The summed E-state index contributed by atoms with van der Waals surface area (Å²) >= 11 is 15.3. The van der Waals surface area contributed by atoms with Crippen molar-refractivity contribution in [2.24, 2.45) is 0 Å². The minimum Gasteiger partial charge on any atom is -0.264 e. The lowest BCUT2D eigenvalue weighted by atomic mass is 10.2. The van der Waals surface area contributed by atoms with Crippen LogP contribution in [0.1, 0.15) is 11.3 Å². The second kappa shape index (κ2) is 8.57. The summed E-state index contributed by atoms with van der Waals surface area (Å²) < 4.78 is 0. The van der Waals surface area contributed by atoms with Crippen LogP contribution in [0.5, 0.6) is 0 Å². The number of benzene rings is 1. The minimum atomic E-state index is 0.633. The third kappa shape index (κ3) is 4.36. The van der Waals surface area contributed by atoms with Crippen molar-refractivity contribution in [1.29, 1.82) is 0 Å². The van der Waals surface area contributed by atoms with Crippen molar-refractivity contribution < 1.29 is 0 Å². The third-order valence-corrected chi connectivity index (χ3v) is 6.75. The smallest absolute Gasteiger partial charge is 0.125 e. The molecule has 4 aromatic rings. The highest BCUT2D eigenvalue weighted by atomic mass is 35.5. The summed E-state index contributed by atoms with van der Waals surface area (Å²) in [6, 6.07) is 13.4. The second-order valence-electron chi connectivity index (χ2n) is 5.96. The van der Waals surface area contributed by atoms with E-state index in [-0.39, 0.29) is 0 Å². The van der Waals surface area contributed by atoms with Gasteiger partial charge in [0.1, 0.15) is 15.7 Å². The zero-order chi connectivity index (χ0) is 19.5. The molecule has 0 aliphatic carbocycles. The van der Waals surface area contributed by atoms with Gasteiger partial charge in [-0.3, -0.25) is 4.98 Å². The van der Waals surface area contributed by atoms with Gasteiger partial charge in [0, 0.05) is 33.8 Å². The molecule has 0 saturated heterocycles. The minimum absolute atomic E-state index is 0.633. The molecule has 3 heterocycles. The number of hydrogen-bond donors (Lipinski definition) is 0. The summed E-state index contributed by atoms with van der Waals surface area (Å²) in [6.07, 6.45) is 3.57. The fraction of sp³-hybridized carbons (Fsp3) is 0.100. The molecule has 0 saturated carbocycles. The van der Waals surface area contributed by atoms with Crippen LogP contribution >= 0.6 is 46.3 Å². The molecule has 0 atom stereocenters. The number of hydrogen-bond acceptors (Lipinski definition) is 6. The Bertz CT molecular complexity index is 1100. The van der Waals surface area contributed by atoms with E-state index in [2.05, 4.69) is 20.2 Å². The van der Waals surface area contributed by atoms with Gasteiger partial charge in [-0.2, -0.15) is 0 Å². The maximum atomic E-state index is 6.23. The molecular formula is C20H14Cl2N4S2. The van der Waals surface area contributed by atoms with E-state index in [4.69, 9.17) is 23.2 Å². The van der Waals surface area contributed by atoms with Crippen molar-refractivity contribution in [2.75, 3.05) is 0 Å². The van der Waals surface area contributed by atoms with E-state index in [1.165, 1.54) is 0 Å². The zero-order valence-corrected chi connectivity index (χ0v) is 17.9. The summed E-state index contributed by atoms with van der Waals surface area (Å²) in [4.78, 5) is 9.83. The molecule has 0 amide bonds. The van der Waals surface area contributed by atoms with Gasteiger partial charge < -0.3 is 0 Å². The van der Waals surface area contributed by atoms with Crippen LogP contribution in [0.2, 0.25) is 10.0 Å². The van der Waals surface area contributed by atoms with Crippen LogP contribution in [-0.4, -0.2) is 20.2 Å². The first-order valence-electron chi connectivity index (χ1n) is 8.39. The van der Waals surface area contributed by atoms with Gasteiger partial charge in [-0.1, -0.05) is 41.0 Å². The second-order valence-corrected chi connectivity index (χ2v) is 8.79. The van der Waals surface area contributed by atoms with Gasteiger partial charge in [-0.15, -0.1) is 21.5 Å². The monoisotopic (exact) mass is 444 g/mol. The molecule has 0 aliphatic rings. The van der Waals surface area contributed by atoms with Crippen molar-refractivity contribution in [2.45, 2.75) is 17.7 Å². The highest BCUT2D eigenvalue weighted by molar-refractivity contribution is 7.98. The highest BCUT2D eigenvalue weighted by Gasteiger charge is 2.13. The predicted molar refractivity (Wildman–Crippen MR) is 117 cm³/mol. The lowest BCUT2D eigenvalue weighted by Gasteiger charge is -2.04. The fourth-order valence-electron chi connectivity index (χ4n) is 2.56. The van der Waals surface area contributed by atoms with Crippen molar-refractivity contribution >= 4 is 46.3 Å². The van der Waals surface area contributed by atoms with Crippen LogP contribution in [0.15, 0.2) is 59.9 Å². The summed E-state index contributed by atoms with van der Waals surface area (Å²) in [5, 5.41) is 11.8. The fourth-order valence-corrected chi connectivity index (χ4v) is 4.95. The van der Waals surface area contributed by atoms with E-state index in [9.17, 15) is 0 Å². The van der Waals surface area contributed by atoms with Gasteiger partial charge in [0.05, 0.1) is 10.6 Å². The first-order valence-corrected chi connectivity index (χ1v) is 10.9. The van der Waals surface area contributed by atoms with Crippen LogP contribution in [0.3, 0.4) is 0 Å². The first kappa shape index (κ1) is 19.3. The van der Waals surface area contributed by atoms with Gasteiger partial charge >= 0.3 is 0 Å². The van der Waals surface area contributed by atoms with Gasteiger partial charge in [0.15, 0.2) is 0 Å². The van der Waals surface area contributed by atoms with Crippen molar-refractivity contribution in [3.63, 3.8) is 0 Å². The number of aryl methyl sites for hydroxylation is 1. The molecule has 1 aromatic carbocycles. The molecule has 0 N–H and O–H groups in total. The average Bonchev–Trinajstić information content (AvgIpc) is 3.10. The molecule has 0 bridgehead atoms. The third-order valence-electron chi connectivity index (χ3n) is 3.97. The molecule has 0 spiro atoms. The van der Waals surface area contributed by atoms with E-state index in [0.717, 1.165) is 37.4 Å². The van der Waals surface area contributed by atoms with E-state index < -0.39 is 0 Å². The number of thiazole rings is 1. The Kier molecular flexibility index (Phi) is 5.92. The van der Waals surface area contributed by atoms with Crippen molar-refractivity contribution in [1.82, 2.24) is 20.2 Å². The maximum absolute atomic E-state index is 6.23. The zero-order valence-electron chi connectivity index (χ0n) is 14.8. The Balaban J connectivity index is 1.50. The van der Waals surface area contributed by atoms with E-state index >= 15 is 0 Å². The van der Waals surface area contributed by atoms with Gasteiger partial charge in [-0.05, 0) is 48.9 Å². The molecule has 28 heavy (non-hydrogen) atoms. The molecule has 4 nitrogen and oxygen atoms in total. The van der Waals surface area contributed by atoms with Crippen LogP contribution < -0.4 is 0 Å². The van der Waals surface area contributed by atoms with Gasteiger partial charge in [-0.25, -0.2) is 4.98 Å². The summed E-state index contributed by atoms with van der Waals surface area (Å²) in [6.45, 7) is 1.98. The number of thioether (sulfide) groups is 1. The molecular weight excluding hydrogens is 431 g/mol. The SMILES string of the molecule is Cc1nc(-c2cccnc2)sc1-c1ccc(SCc2ccc(Cl)cc2Cl)nn1. The van der Waals surface area contributed by atoms with E-state index in [1.807, 2.05) is 49.5 Å². The van der Waals surface area contributed by atoms with E-state index in [1.54, 1.807) is 35.4 Å². The molecule has 140 valence electrons. The largest absolute Gasteiger partial charge is 0.264 e. The van der Waals surface area contributed by atoms with Gasteiger partial charge in [0.2, 0.25) is 0 Å². The van der Waals surface area contributed by atoms with Crippen LogP contribution in [0.4, 0.5) is 0 Å². The van der Waals surface area contributed by atoms with Gasteiger partial charge in [0.25, 0.3) is 0 Å². The number of pyridine rings is 1. The topological polar surface area (TPSA) is 51.6 Å². The standard InChI is InChI=1S/C20H14Cl2N4S2/c1-12-19(28-20(24-12)13-3-2-8-23-10-13)17-6-7-18(26-25-17)27-11-14-4-5-15(21)9-16(14)22/h2-10H,11H2,1H3. The summed E-state index contributed by atoms with van der Waals surface area (Å²) in [5.74, 6) is 0.703. The average molecular weight is 445 g/mol. The van der Waals surface area contributed by atoms with Crippen LogP contribution in [0, 0.1) is 6.92 Å². The lowest BCUT2D eigenvalue weighted by molar-refractivity contribution is 0.936. The molecule has 0 fully saturated rings. The Morgan fingerprint density at radius 3 is 2.68 bits per heavy atom. The number of rotatable bonds is 5. The lowest BCUT2D eigenvalue weighted by Crippen LogP contribution is -1.90.